The number of rotatable bonds is 5. The van der Waals surface area contributed by atoms with Crippen molar-refractivity contribution in [2.24, 2.45) is 0 Å². The minimum Gasteiger partial charge on any atom is -0.382 e. The molecule has 0 aliphatic carbocycles. The molecule has 1 saturated heterocycles. The van der Waals surface area contributed by atoms with Crippen LogP contribution in [0.5, 0.6) is 0 Å². The number of carbonyl (C=O) groups excluding carboxylic acids is 2. The van der Waals surface area contributed by atoms with Crippen LogP contribution in [0.15, 0.2) is 0 Å². The summed E-state index contributed by atoms with van der Waals surface area (Å²) in [7, 11) is 1.64. The summed E-state index contributed by atoms with van der Waals surface area (Å²) >= 11 is 0. The lowest BCUT2D eigenvalue weighted by molar-refractivity contribution is -0.143. The summed E-state index contributed by atoms with van der Waals surface area (Å²) in [5, 5.41) is 2.79. The van der Waals surface area contributed by atoms with Crippen LogP contribution in [0.25, 0.3) is 0 Å². The van der Waals surface area contributed by atoms with Crippen molar-refractivity contribution in [3.8, 4) is 0 Å². The molecule has 17 heavy (non-hydrogen) atoms. The SMILES string of the molecule is CCC1C(=O)NCCN1C(=O)CCC(C)OC. The number of hydrogen-bond acceptors (Lipinski definition) is 3. The van der Waals surface area contributed by atoms with E-state index in [1.807, 2.05) is 13.8 Å². The molecule has 0 spiro atoms. The van der Waals surface area contributed by atoms with Crippen LogP contribution in [0, 0.1) is 0 Å². The predicted octanol–water partition coefficient (Wildman–Crippen LogP) is 0.539. The lowest BCUT2D eigenvalue weighted by Gasteiger charge is -2.34. The Morgan fingerprint density at radius 1 is 1.65 bits per heavy atom. The van der Waals surface area contributed by atoms with Crippen molar-refractivity contribution in [3.63, 3.8) is 0 Å². The van der Waals surface area contributed by atoms with Gasteiger partial charge in [-0.05, 0) is 19.8 Å². The molecule has 1 aliphatic rings. The van der Waals surface area contributed by atoms with E-state index in [9.17, 15) is 9.59 Å². The van der Waals surface area contributed by atoms with Crippen molar-refractivity contribution in [1.29, 1.82) is 0 Å². The summed E-state index contributed by atoms with van der Waals surface area (Å²) in [4.78, 5) is 25.3. The highest BCUT2D eigenvalue weighted by molar-refractivity contribution is 5.88. The zero-order valence-corrected chi connectivity index (χ0v) is 10.9. The normalized spacial score (nSPS) is 22.2. The van der Waals surface area contributed by atoms with Crippen LogP contribution >= 0.6 is 0 Å². The summed E-state index contributed by atoms with van der Waals surface area (Å²) in [5.74, 6) is 0.0162. The Labute approximate surface area is 102 Å². The molecule has 0 saturated carbocycles. The highest BCUT2D eigenvalue weighted by Crippen LogP contribution is 2.12. The van der Waals surface area contributed by atoms with Gasteiger partial charge >= 0.3 is 0 Å². The maximum absolute atomic E-state index is 12.0. The molecule has 1 heterocycles. The fraction of sp³-hybridized carbons (Fsp3) is 0.833. The van der Waals surface area contributed by atoms with E-state index in [0.717, 1.165) is 0 Å². The van der Waals surface area contributed by atoms with E-state index in [-0.39, 0.29) is 24.0 Å². The second-order valence-electron chi connectivity index (χ2n) is 4.39. The lowest BCUT2D eigenvalue weighted by atomic mass is 10.1. The van der Waals surface area contributed by atoms with Gasteiger partial charge in [0.2, 0.25) is 11.8 Å². The van der Waals surface area contributed by atoms with Crippen molar-refractivity contribution in [2.45, 2.75) is 45.3 Å². The number of piperazine rings is 1. The molecule has 0 aromatic carbocycles. The molecule has 1 aliphatic heterocycles. The van der Waals surface area contributed by atoms with Gasteiger partial charge in [0.05, 0.1) is 6.10 Å². The third-order valence-electron chi connectivity index (χ3n) is 3.20. The monoisotopic (exact) mass is 242 g/mol. The van der Waals surface area contributed by atoms with Crippen molar-refractivity contribution in [2.75, 3.05) is 20.2 Å². The summed E-state index contributed by atoms with van der Waals surface area (Å²) in [6.45, 7) is 5.03. The number of hydrogen-bond donors (Lipinski definition) is 1. The maximum atomic E-state index is 12.0. The third-order valence-corrected chi connectivity index (χ3v) is 3.20. The van der Waals surface area contributed by atoms with Crippen LogP contribution in [0.2, 0.25) is 0 Å². The van der Waals surface area contributed by atoms with Gasteiger partial charge in [-0.3, -0.25) is 9.59 Å². The van der Waals surface area contributed by atoms with Gasteiger partial charge in [0.15, 0.2) is 0 Å². The topological polar surface area (TPSA) is 58.6 Å². The van der Waals surface area contributed by atoms with Gasteiger partial charge in [-0.15, -0.1) is 0 Å². The average Bonchev–Trinajstić information content (AvgIpc) is 2.35. The van der Waals surface area contributed by atoms with E-state index in [1.54, 1.807) is 12.0 Å². The summed E-state index contributed by atoms with van der Waals surface area (Å²) in [6, 6.07) is -0.297. The molecule has 0 radical (unpaired) electrons. The van der Waals surface area contributed by atoms with Crippen molar-refractivity contribution < 1.29 is 14.3 Å². The van der Waals surface area contributed by atoms with E-state index < -0.39 is 0 Å². The summed E-state index contributed by atoms with van der Waals surface area (Å²) in [5.41, 5.74) is 0. The Morgan fingerprint density at radius 2 is 2.35 bits per heavy atom. The molecule has 2 amide bonds. The quantitative estimate of drug-likeness (QED) is 0.765. The molecule has 98 valence electrons. The Hall–Kier alpha value is -1.10. The van der Waals surface area contributed by atoms with E-state index in [2.05, 4.69) is 5.32 Å². The first-order chi connectivity index (χ1) is 8.10. The molecule has 2 atom stereocenters. The second kappa shape index (κ2) is 6.59. The van der Waals surface area contributed by atoms with Gasteiger partial charge < -0.3 is 15.0 Å². The number of nitrogens with one attached hydrogen (secondary N) is 1. The molecule has 5 heteroatoms. The van der Waals surface area contributed by atoms with E-state index in [0.29, 0.717) is 32.4 Å². The van der Waals surface area contributed by atoms with Crippen LogP contribution in [-0.4, -0.2) is 49.1 Å². The molecule has 1 fully saturated rings. The summed E-state index contributed by atoms with van der Waals surface area (Å²) < 4.78 is 5.11. The smallest absolute Gasteiger partial charge is 0.242 e. The fourth-order valence-electron chi connectivity index (χ4n) is 2.01. The fourth-order valence-corrected chi connectivity index (χ4v) is 2.01. The molecular weight excluding hydrogens is 220 g/mol. The molecule has 0 bridgehead atoms. The molecule has 1 N–H and O–H groups in total. The Morgan fingerprint density at radius 3 is 2.94 bits per heavy atom. The van der Waals surface area contributed by atoms with Gasteiger partial charge in [-0.2, -0.15) is 0 Å². The zero-order chi connectivity index (χ0) is 12.8. The van der Waals surface area contributed by atoms with Crippen LogP contribution < -0.4 is 5.32 Å². The minimum atomic E-state index is -0.297. The van der Waals surface area contributed by atoms with Gasteiger partial charge in [0.25, 0.3) is 0 Å². The maximum Gasteiger partial charge on any atom is 0.242 e. The minimum absolute atomic E-state index is 0.0353. The van der Waals surface area contributed by atoms with Gasteiger partial charge in [0, 0.05) is 26.6 Å². The van der Waals surface area contributed by atoms with Crippen LogP contribution in [0.3, 0.4) is 0 Å². The van der Waals surface area contributed by atoms with Gasteiger partial charge in [0.1, 0.15) is 6.04 Å². The highest BCUT2D eigenvalue weighted by Gasteiger charge is 2.31. The molecule has 5 nitrogen and oxygen atoms in total. The number of ether oxygens (including phenoxy) is 1. The Kier molecular flexibility index (Phi) is 5.41. The Bertz CT molecular complexity index is 281. The molecule has 0 aromatic rings. The Balaban J connectivity index is 2.51. The second-order valence-corrected chi connectivity index (χ2v) is 4.39. The number of amides is 2. The predicted molar refractivity (Wildman–Crippen MR) is 64.5 cm³/mol. The van der Waals surface area contributed by atoms with Crippen molar-refractivity contribution in [1.82, 2.24) is 10.2 Å². The van der Waals surface area contributed by atoms with E-state index in [1.165, 1.54) is 0 Å². The van der Waals surface area contributed by atoms with Crippen LogP contribution in [0.4, 0.5) is 0 Å². The average molecular weight is 242 g/mol. The van der Waals surface area contributed by atoms with Crippen molar-refractivity contribution in [3.05, 3.63) is 0 Å². The van der Waals surface area contributed by atoms with Crippen LogP contribution in [-0.2, 0) is 14.3 Å². The standard InChI is InChI=1S/C12H22N2O3/c1-4-10-12(16)13-7-8-14(10)11(15)6-5-9(2)17-3/h9-10H,4-8H2,1-3H3,(H,13,16). The van der Waals surface area contributed by atoms with Gasteiger partial charge in [-0.25, -0.2) is 0 Å². The highest BCUT2D eigenvalue weighted by atomic mass is 16.5. The van der Waals surface area contributed by atoms with E-state index in [4.69, 9.17) is 4.74 Å². The first-order valence-corrected chi connectivity index (χ1v) is 6.20. The molecule has 1 rings (SSSR count). The number of carbonyl (C=O) groups is 2. The van der Waals surface area contributed by atoms with Crippen molar-refractivity contribution >= 4 is 11.8 Å². The first kappa shape index (κ1) is 14.0. The number of nitrogens with zero attached hydrogens (tertiary/aromatic N) is 1. The first-order valence-electron chi connectivity index (χ1n) is 6.20. The van der Waals surface area contributed by atoms with Crippen LogP contribution in [0.1, 0.15) is 33.1 Å². The summed E-state index contributed by atoms with van der Waals surface area (Å²) in [6.07, 6.45) is 1.89. The van der Waals surface area contributed by atoms with Gasteiger partial charge in [-0.1, -0.05) is 6.92 Å². The zero-order valence-electron chi connectivity index (χ0n) is 10.9. The lowest BCUT2D eigenvalue weighted by Crippen LogP contribution is -2.56. The van der Waals surface area contributed by atoms with E-state index >= 15 is 0 Å². The molecule has 2 unspecified atom stereocenters. The third kappa shape index (κ3) is 3.70. The number of methoxy groups -OCH3 is 1. The molecule has 0 aromatic heterocycles. The molecular formula is C12H22N2O3. The largest absolute Gasteiger partial charge is 0.382 e.